The van der Waals surface area contributed by atoms with Crippen molar-refractivity contribution >= 4 is 11.6 Å². The predicted molar refractivity (Wildman–Crippen MR) is 56.4 cm³/mol. The summed E-state index contributed by atoms with van der Waals surface area (Å²) in [6, 6.07) is 8.63. The third-order valence-corrected chi connectivity index (χ3v) is 2.85. The molecule has 1 aliphatic rings. The van der Waals surface area contributed by atoms with Crippen molar-refractivity contribution in [2.24, 2.45) is 5.73 Å². The van der Waals surface area contributed by atoms with Gasteiger partial charge in [-0.2, -0.15) is 0 Å². The average molecular weight is 203 g/mol. The van der Waals surface area contributed by atoms with Gasteiger partial charge in [-0.05, 0) is 5.56 Å². The fourth-order valence-corrected chi connectivity index (χ4v) is 2.01. The van der Waals surface area contributed by atoms with Gasteiger partial charge in [0.05, 0.1) is 12.0 Å². The minimum absolute atomic E-state index is 0.0107. The van der Waals surface area contributed by atoms with Crippen LogP contribution in [0.2, 0.25) is 0 Å². The monoisotopic (exact) mass is 203 g/mol. The number of hydrogen-bond acceptors (Lipinski definition) is 3. The van der Waals surface area contributed by atoms with Gasteiger partial charge in [-0.25, -0.2) is 0 Å². The molecule has 1 aromatic rings. The molecule has 0 aliphatic heterocycles. The summed E-state index contributed by atoms with van der Waals surface area (Å²) in [4.78, 5) is 23.2. The molecule has 1 aromatic carbocycles. The quantitative estimate of drug-likeness (QED) is 0.741. The van der Waals surface area contributed by atoms with Crippen LogP contribution in [-0.4, -0.2) is 17.6 Å². The van der Waals surface area contributed by atoms with Crippen LogP contribution in [0.3, 0.4) is 0 Å². The van der Waals surface area contributed by atoms with Crippen molar-refractivity contribution in [3.63, 3.8) is 0 Å². The molecule has 2 unspecified atom stereocenters. The molecule has 2 atom stereocenters. The van der Waals surface area contributed by atoms with E-state index >= 15 is 0 Å². The highest BCUT2D eigenvalue weighted by atomic mass is 16.1. The summed E-state index contributed by atoms with van der Waals surface area (Å²) >= 11 is 0. The Bertz CT molecular complexity index is 386. The Morgan fingerprint density at radius 1 is 1.00 bits per heavy atom. The molecule has 0 bridgehead atoms. The molecule has 3 nitrogen and oxygen atoms in total. The molecule has 0 radical (unpaired) electrons. The summed E-state index contributed by atoms with van der Waals surface area (Å²) in [5, 5.41) is 0. The Balaban J connectivity index is 2.33. The van der Waals surface area contributed by atoms with Crippen LogP contribution in [0.4, 0.5) is 0 Å². The van der Waals surface area contributed by atoms with Gasteiger partial charge in [-0.3, -0.25) is 9.59 Å². The third kappa shape index (κ3) is 1.83. The Kier molecular flexibility index (Phi) is 2.64. The lowest BCUT2D eigenvalue weighted by Crippen LogP contribution is -2.44. The minimum Gasteiger partial charge on any atom is -0.321 e. The normalized spacial score (nSPS) is 26.7. The summed E-state index contributed by atoms with van der Waals surface area (Å²) in [5.41, 5.74) is 6.62. The molecule has 1 saturated carbocycles. The van der Waals surface area contributed by atoms with E-state index in [1.54, 1.807) is 0 Å². The van der Waals surface area contributed by atoms with Crippen LogP contribution in [0.5, 0.6) is 0 Å². The fraction of sp³-hybridized carbons (Fsp3) is 0.333. The van der Waals surface area contributed by atoms with Crippen molar-refractivity contribution in [2.45, 2.75) is 24.8 Å². The number of rotatable bonds is 1. The summed E-state index contributed by atoms with van der Waals surface area (Å²) in [6.45, 7) is 0. The first-order valence-electron chi connectivity index (χ1n) is 5.06. The van der Waals surface area contributed by atoms with Crippen molar-refractivity contribution in [3.8, 4) is 0 Å². The minimum atomic E-state index is -0.659. The van der Waals surface area contributed by atoms with Gasteiger partial charge in [0.1, 0.15) is 5.78 Å². The lowest BCUT2D eigenvalue weighted by molar-refractivity contribution is -0.131. The maximum atomic E-state index is 11.7. The van der Waals surface area contributed by atoms with Crippen LogP contribution in [0.25, 0.3) is 0 Å². The zero-order chi connectivity index (χ0) is 10.8. The van der Waals surface area contributed by atoms with E-state index in [1.807, 2.05) is 30.3 Å². The summed E-state index contributed by atoms with van der Waals surface area (Å²) in [7, 11) is 0. The molecule has 78 valence electrons. The molecule has 1 aliphatic carbocycles. The average Bonchev–Trinajstić information content (AvgIpc) is 2.26. The molecule has 0 spiro atoms. The largest absolute Gasteiger partial charge is 0.321 e. The number of carbonyl (C=O) groups excluding carboxylic acids is 2. The molecule has 0 aromatic heterocycles. The van der Waals surface area contributed by atoms with Crippen LogP contribution in [0, 0.1) is 0 Å². The van der Waals surface area contributed by atoms with E-state index in [9.17, 15) is 9.59 Å². The van der Waals surface area contributed by atoms with Crippen molar-refractivity contribution in [3.05, 3.63) is 35.9 Å². The van der Waals surface area contributed by atoms with Crippen LogP contribution < -0.4 is 5.73 Å². The second-order valence-electron chi connectivity index (χ2n) is 3.85. The molecule has 2 N–H and O–H groups in total. The molecule has 0 saturated heterocycles. The molecule has 3 heteroatoms. The topological polar surface area (TPSA) is 60.2 Å². The zero-order valence-electron chi connectivity index (χ0n) is 8.35. The number of hydrogen-bond donors (Lipinski definition) is 1. The third-order valence-electron chi connectivity index (χ3n) is 2.85. The highest BCUT2D eigenvalue weighted by Crippen LogP contribution is 2.27. The number of Topliss-reactive ketones (excluding diaryl/α,β-unsaturated/α-hetero) is 2. The van der Waals surface area contributed by atoms with E-state index in [2.05, 4.69) is 0 Å². The maximum Gasteiger partial charge on any atom is 0.151 e. The maximum absolute atomic E-state index is 11.7. The summed E-state index contributed by atoms with van der Waals surface area (Å²) < 4.78 is 0. The van der Waals surface area contributed by atoms with Gasteiger partial charge in [0.2, 0.25) is 0 Å². The molecule has 15 heavy (non-hydrogen) atoms. The van der Waals surface area contributed by atoms with E-state index in [4.69, 9.17) is 5.73 Å². The van der Waals surface area contributed by atoms with Crippen molar-refractivity contribution in [1.82, 2.24) is 0 Å². The standard InChI is InChI=1S/C12H13NO2/c13-12-10(15)7-6-9(14)11(12)8-4-2-1-3-5-8/h1-5,11-12H,6-7,13H2. The summed E-state index contributed by atoms with van der Waals surface area (Å²) in [5.74, 6) is -0.371. The Labute approximate surface area is 88.3 Å². The first kappa shape index (κ1) is 10.1. The van der Waals surface area contributed by atoms with Crippen LogP contribution in [0.15, 0.2) is 30.3 Å². The molecule has 1 fully saturated rings. The van der Waals surface area contributed by atoms with E-state index in [1.165, 1.54) is 0 Å². The van der Waals surface area contributed by atoms with Crippen molar-refractivity contribution in [2.75, 3.05) is 0 Å². The molecule has 2 rings (SSSR count). The number of nitrogens with two attached hydrogens (primary N) is 1. The Morgan fingerprint density at radius 2 is 1.60 bits per heavy atom. The summed E-state index contributed by atoms with van der Waals surface area (Å²) in [6.07, 6.45) is 0.620. The van der Waals surface area contributed by atoms with Crippen LogP contribution in [0.1, 0.15) is 24.3 Å². The van der Waals surface area contributed by atoms with Crippen LogP contribution in [-0.2, 0) is 9.59 Å². The second-order valence-corrected chi connectivity index (χ2v) is 3.85. The van der Waals surface area contributed by atoms with Gasteiger partial charge in [-0.1, -0.05) is 30.3 Å². The first-order valence-corrected chi connectivity index (χ1v) is 5.06. The smallest absolute Gasteiger partial charge is 0.151 e. The van der Waals surface area contributed by atoms with E-state index in [0.29, 0.717) is 12.8 Å². The van der Waals surface area contributed by atoms with Gasteiger partial charge < -0.3 is 5.73 Å². The Hall–Kier alpha value is -1.48. The highest BCUT2D eigenvalue weighted by Gasteiger charge is 2.35. The molecular weight excluding hydrogens is 190 g/mol. The fourth-order valence-electron chi connectivity index (χ4n) is 2.01. The SMILES string of the molecule is NC1C(=O)CCC(=O)C1c1ccccc1. The van der Waals surface area contributed by atoms with Crippen molar-refractivity contribution < 1.29 is 9.59 Å². The lowest BCUT2D eigenvalue weighted by atomic mass is 9.79. The van der Waals surface area contributed by atoms with Crippen molar-refractivity contribution in [1.29, 1.82) is 0 Å². The molecular formula is C12H13NO2. The van der Waals surface area contributed by atoms with Crippen LogP contribution >= 0.6 is 0 Å². The predicted octanol–water partition coefficient (Wildman–Crippen LogP) is 1.03. The molecule has 0 heterocycles. The van der Waals surface area contributed by atoms with Gasteiger partial charge in [0.25, 0.3) is 0 Å². The van der Waals surface area contributed by atoms with Gasteiger partial charge in [-0.15, -0.1) is 0 Å². The zero-order valence-corrected chi connectivity index (χ0v) is 8.35. The van der Waals surface area contributed by atoms with E-state index in [0.717, 1.165) is 5.56 Å². The number of benzene rings is 1. The number of carbonyl (C=O) groups is 2. The van der Waals surface area contributed by atoms with Gasteiger partial charge in [0, 0.05) is 12.8 Å². The second kappa shape index (κ2) is 3.95. The number of ketones is 2. The van der Waals surface area contributed by atoms with E-state index < -0.39 is 12.0 Å². The van der Waals surface area contributed by atoms with Gasteiger partial charge >= 0.3 is 0 Å². The lowest BCUT2D eigenvalue weighted by Gasteiger charge is -2.26. The Morgan fingerprint density at radius 3 is 2.27 bits per heavy atom. The highest BCUT2D eigenvalue weighted by molar-refractivity contribution is 6.01. The first-order chi connectivity index (χ1) is 7.20. The van der Waals surface area contributed by atoms with Gasteiger partial charge in [0.15, 0.2) is 5.78 Å². The van der Waals surface area contributed by atoms with E-state index in [-0.39, 0.29) is 11.6 Å². The molecule has 0 amide bonds.